The van der Waals surface area contributed by atoms with Crippen molar-refractivity contribution in [2.75, 3.05) is 12.4 Å². The van der Waals surface area contributed by atoms with Gasteiger partial charge in [-0.3, -0.25) is 9.48 Å². The van der Waals surface area contributed by atoms with Gasteiger partial charge in [-0.1, -0.05) is 18.2 Å². The first-order valence-electron chi connectivity index (χ1n) is 11.4. The molecular formula is C28H23F4N3O3. The van der Waals surface area contributed by atoms with Gasteiger partial charge in [0.15, 0.2) is 29.1 Å². The van der Waals surface area contributed by atoms with Gasteiger partial charge in [-0.15, -0.1) is 0 Å². The highest BCUT2D eigenvalue weighted by molar-refractivity contribution is 6.01. The number of carbonyl (C=O) groups is 1. The molecule has 0 saturated heterocycles. The van der Waals surface area contributed by atoms with Crippen molar-refractivity contribution in [1.29, 1.82) is 0 Å². The maximum absolute atomic E-state index is 13.9. The molecule has 0 aliphatic heterocycles. The summed E-state index contributed by atoms with van der Waals surface area (Å²) in [6.07, 6.45) is 4.18. The number of anilines is 1. The van der Waals surface area contributed by atoms with Gasteiger partial charge < -0.3 is 14.8 Å². The third kappa shape index (κ3) is 6.39. The zero-order chi connectivity index (χ0) is 27.2. The lowest BCUT2D eigenvalue weighted by Gasteiger charge is -2.11. The molecule has 196 valence electrons. The van der Waals surface area contributed by atoms with E-state index < -0.39 is 41.3 Å². The van der Waals surface area contributed by atoms with E-state index in [-0.39, 0.29) is 18.5 Å². The van der Waals surface area contributed by atoms with Crippen molar-refractivity contribution in [3.05, 3.63) is 112 Å². The van der Waals surface area contributed by atoms with Gasteiger partial charge in [0.2, 0.25) is 5.91 Å². The molecule has 3 aromatic carbocycles. The molecule has 4 rings (SSSR count). The molecule has 38 heavy (non-hydrogen) atoms. The Morgan fingerprint density at radius 2 is 1.79 bits per heavy atom. The predicted octanol–water partition coefficient (Wildman–Crippen LogP) is 6.04. The number of methoxy groups -OCH3 is 1. The first-order valence-corrected chi connectivity index (χ1v) is 11.4. The first kappa shape index (κ1) is 26.5. The standard InChI is InChI=1S/C28H23F4N3O3/c1-17-4-3-5-20(12-17)38-16-19-13-18(6-8-24(19)37-2)7-9-26(36)33-25-10-11-35(34-25)15-21-27(31)22(29)14-23(30)28(21)32/h3-14H,15-16H2,1-2H3,(H,33,34,36)/b9-7+. The van der Waals surface area contributed by atoms with Crippen molar-refractivity contribution in [3.8, 4) is 11.5 Å². The number of amides is 1. The summed E-state index contributed by atoms with van der Waals surface area (Å²) >= 11 is 0. The van der Waals surface area contributed by atoms with Gasteiger partial charge in [0, 0.05) is 30.0 Å². The number of hydrogen-bond acceptors (Lipinski definition) is 4. The highest BCUT2D eigenvalue weighted by atomic mass is 19.2. The monoisotopic (exact) mass is 525 g/mol. The van der Waals surface area contributed by atoms with E-state index in [4.69, 9.17) is 9.47 Å². The van der Waals surface area contributed by atoms with Crippen molar-refractivity contribution in [2.45, 2.75) is 20.1 Å². The molecule has 0 fully saturated rings. The lowest BCUT2D eigenvalue weighted by atomic mass is 10.1. The minimum atomic E-state index is -1.51. The van der Waals surface area contributed by atoms with Crippen LogP contribution in [0.15, 0.2) is 66.9 Å². The van der Waals surface area contributed by atoms with Gasteiger partial charge in [-0.2, -0.15) is 5.10 Å². The van der Waals surface area contributed by atoms with Crippen LogP contribution >= 0.6 is 0 Å². The molecule has 0 aliphatic rings. The molecule has 1 N–H and O–H groups in total. The second kappa shape index (κ2) is 11.6. The molecule has 4 aromatic rings. The van der Waals surface area contributed by atoms with Gasteiger partial charge in [0.25, 0.3) is 0 Å². The smallest absolute Gasteiger partial charge is 0.249 e. The lowest BCUT2D eigenvalue weighted by molar-refractivity contribution is -0.111. The fourth-order valence-electron chi connectivity index (χ4n) is 3.66. The first-order chi connectivity index (χ1) is 18.2. The van der Waals surface area contributed by atoms with Crippen LogP contribution in [0.2, 0.25) is 0 Å². The Morgan fingerprint density at radius 1 is 1.03 bits per heavy atom. The molecule has 0 saturated carbocycles. The Hall–Kier alpha value is -4.60. The second-order valence-electron chi connectivity index (χ2n) is 8.34. The van der Waals surface area contributed by atoms with Gasteiger partial charge in [0.1, 0.15) is 18.1 Å². The summed E-state index contributed by atoms with van der Waals surface area (Å²) in [5.74, 6) is -5.10. The normalized spacial score (nSPS) is 11.1. The number of benzene rings is 3. The predicted molar refractivity (Wildman–Crippen MR) is 134 cm³/mol. The third-order valence-electron chi connectivity index (χ3n) is 5.53. The largest absolute Gasteiger partial charge is 0.496 e. The van der Waals surface area contributed by atoms with Crippen LogP contribution in [-0.2, 0) is 17.9 Å². The zero-order valence-electron chi connectivity index (χ0n) is 20.5. The van der Waals surface area contributed by atoms with Crippen LogP contribution in [-0.4, -0.2) is 22.8 Å². The van der Waals surface area contributed by atoms with Crippen molar-refractivity contribution >= 4 is 17.8 Å². The molecule has 0 aliphatic carbocycles. The highest BCUT2D eigenvalue weighted by Crippen LogP contribution is 2.24. The molecule has 6 nitrogen and oxygen atoms in total. The lowest BCUT2D eigenvalue weighted by Crippen LogP contribution is -2.11. The molecule has 0 spiro atoms. The van der Waals surface area contributed by atoms with E-state index in [2.05, 4.69) is 10.4 Å². The van der Waals surface area contributed by atoms with E-state index in [1.54, 1.807) is 25.3 Å². The Kier molecular flexibility index (Phi) is 8.10. The van der Waals surface area contributed by atoms with Crippen molar-refractivity contribution in [2.24, 2.45) is 0 Å². The van der Waals surface area contributed by atoms with Crippen molar-refractivity contribution in [1.82, 2.24) is 9.78 Å². The summed E-state index contributed by atoms with van der Waals surface area (Å²) in [4.78, 5) is 12.4. The Balaban J connectivity index is 1.40. The van der Waals surface area contributed by atoms with E-state index in [0.717, 1.165) is 21.6 Å². The van der Waals surface area contributed by atoms with Crippen LogP contribution in [0.4, 0.5) is 23.4 Å². The molecule has 1 amide bonds. The van der Waals surface area contributed by atoms with Crippen molar-refractivity contribution in [3.63, 3.8) is 0 Å². The topological polar surface area (TPSA) is 65.4 Å². The average molecular weight is 526 g/mol. The number of halogens is 4. The highest BCUT2D eigenvalue weighted by Gasteiger charge is 2.19. The molecule has 0 unspecified atom stereocenters. The fourth-order valence-corrected chi connectivity index (χ4v) is 3.66. The van der Waals surface area contributed by atoms with Gasteiger partial charge in [0.05, 0.1) is 19.2 Å². The van der Waals surface area contributed by atoms with Gasteiger partial charge in [-0.25, -0.2) is 17.6 Å². The van der Waals surface area contributed by atoms with E-state index >= 15 is 0 Å². The van der Waals surface area contributed by atoms with Crippen molar-refractivity contribution < 1.29 is 31.8 Å². The number of rotatable bonds is 9. The van der Waals surface area contributed by atoms with E-state index in [1.165, 1.54) is 18.3 Å². The van der Waals surface area contributed by atoms with E-state index in [1.807, 2.05) is 37.3 Å². The molecule has 1 heterocycles. The number of hydrogen-bond donors (Lipinski definition) is 1. The Labute approximate surface area is 216 Å². The van der Waals surface area contributed by atoms with E-state index in [0.29, 0.717) is 11.3 Å². The van der Waals surface area contributed by atoms with Crippen LogP contribution in [0.3, 0.4) is 0 Å². The SMILES string of the molecule is COc1ccc(/C=C/C(=O)Nc2ccn(Cc3c(F)c(F)cc(F)c3F)n2)cc1COc1cccc(C)c1. The number of carbonyl (C=O) groups excluding carboxylic acids is 1. The quantitative estimate of drug-likeness (QED) is 0.165. The summed E-state index contributed by atoms with van der Waals surface area (Å²) in [5, 5.41) is 6.49. The van der Waals surface area contributed by atoms with Crippen LogP contribution in [0.5, 0.6) is 11.5 Å². The van der Waals surface area contributed by atoms with Crippen LogP contribution < -0.4 is 14.8 Å². The Bertz CT molecular complexity index is 1470. The minimum Gasteiger partial charge on any atom is -0.496 e. The minimum absolute atomic E-state index is 0.0827. The molecule has 10 heteroatoms. The molecule has 1 aromatic heterocycles. The molecule has 0 radical (unpaired) electrons. The van der Waals surface area contributed by atoms with Crippen LogP contribution in [0.1, 0.15) is 22.3 Å². The maximum Gasteiger partial charge on any atom is 0.249 e. The Morgan fingerprint density at radius 3 is 2.50 bits per heavy atom. The fraction of sp³-hybridized carbons (Fsp3) is 0.143. The second-order valence-corrected chi connectivity index (χ2v) is 8.34. The number of ether oxygens (including phenoxy) is 2. The van der Waals surface area contributed by atoms with Gasteiger partial charge >= 0.3 is 0 Å². The summed E-state index contributed by atoms with van der Waals surface area (Å²) in [5.41, 5.74) is 1.76. The summed E-state index contributed by atoms with van der Waals surface area (Å²) in [7, 11) is 1.56. The maximum atomic E-state index is 13.9. The number of aryl methyl sites for hydroxylation is 1. The van der Waals surface area contributed by atoms with Gasteiger partial charge in [-0.05, 0) is 48.4 Å². The number of nitrogens with zero attached hydrogens (tertiary/aromatic N) is 2. The summed E-state index contributed by atoms with van der Waals surface area (Å²) < 4.78 is 67.0. The van der Waals surface area contributed by atoms with Crippen LogP contribution in [0, 0.1) is 30.2 Å². The zero-order valence-corrected chi connectivity index (χ0v) is 20.5. The van der Waals surface area contributed by atoms with E-state index in [9.17, 15) is 22.4 Å². The molecule has 0 atom stereocenters. The number of nitrogens with one attached hydrogen (secondary N) is 1. The summed E-state index contributed by atoms with van der Waals surface area (Å²) in [6.45, 7) is 1.66. The summed E-state index contributed by atoms with van der Waals surface area (Å²) in [6, 6.07) is 14.5. The third-order valence-corrected chi connectivity index (χ3v) is 5.53. The average Bonchev–Trinajstić information content (AvgIpc) is 3.34. The number of aromatic nitrogens is 2. The molecule has 0 bridgehead atoms. The molecular weight excluding hydrogens is 502 g/mol. The van der Waals surface area contributed by atoms with Crippen LogP contribution in [0.25, 0.3) is 6.08 Å².